The highest BCUT2D eigenvalue weighted by atomic mass is 32.1. The van der Waals surface area contributed by atoms with Crippen LogP contribution >= 0.6 is 11.3 Å². The van der Waals surface area contributed by atoms with Gasteiger partial charge in [-0.1, -0.05) is 35.5 Å². The molecule has 0 N–H and O–H groups in total. The van der Waals surface area contributed by atoms with E-state index < -0.39 is 0 Å². The van der Waals surface area contributed by atoms with Gasteiger partial charge in [0.05, 0.1) is 24.8 Å². The summed E-state index contributed by atoms with van der Waals surface area (Å²) in [4.78, 5) is 14.8. The Morgan fingerprint density at radius 1 is 1.17 bits per heavy atom. The van der Waals surface area contributed by atoms with Crippen LogP contribution in [0, 0.1) is 11.8 Å². The zero-order valence-corrected chi connectivity index (χ0v) is 17.9. The van der Waals surface area contributed by atoms with Crippen LogP contribution in [0.3, 0.4) is 0 Å². The molecule has 0 unspecified atom stereocenters. The van der Waals surface area contributed by atoms with Gasteiger partial charge in [-0.05, 0) is 47.1 Å². The van der Waals surface area contributed by atoms with Gasteiger partial charge < -0.3 is 9.64 Å². The van der Waals surface area contributed by atoms with E-state index in [4.69, 9.17) is 4.74 Å². The number of hydrogen-bond donors (Lipinski definition) is 0. The number of fused-ring (bicyclic) bond motifs is 1. The molecule has 7 heteroatoms. The molecule has 1 saturated heterocycles. The molecule has 6 nitrogen and oxygen atoms in total. The molecule has 156 valence electrons. The second-order valence-corrected chi connectivity index (χ2v) is 9.17. The van der Waals surface area contributed by atoms with E-state index in [0.29, 0.717) is 18.3 Å². The summed E-state index contributed by atoms with van der Waals surface area (Å²) >= 11 is 1.64. The number of thiophene rings is 1. The van der Waals surface area contributed by atoms with Gasteiger partial charge in [-0.2, -0.15) is 11.3 Å². The lowest BCUT2D eigenvalue weighted by atomic mass is 9.77. The molecule has 2 aromatic heterocycles. The van der Waals surface area contributed by atoms with Gasteiger partial charge in [0.2, 0.25) is 5.91 Å². The first kappa shape index (κ1) is 19.5. The van der Waals surface area contributed by atoms with Crippen LogP contribution in [0.4, 0.5) is 0 Å². The first-order valence-corrected chi connectivity index (χ1v) is 11.4. The van der Waals surface area contributed by atoms with Crippen LogP contribution in [0.15, 0.2) is 53.4 Å². The van der Waals surface area contributed by atoms with Crippen molar-refractivity contribution in [2.45, 2.75) is 31.4 Å². The van der Waals surface area contributed by atoms with E-state index >= 15 is 0 Å². The maximum atomic E-state index is 12.8. The molecule has 0 radical (unpaired) electrons. The lowest BCUT2D eigenvalue weighted by Crippen LogP contribution is -2.37. The zero-order valence-electron chi connectivity index (χ0n) is 17.1. The van der Waals surface area contributed by atoms with Gasteiger partial charge in [-0.25, -0.2) is 4.68 Å². The molecule has 1 amide bonds. The molecular formula is C23H26N4O2S. The number of ether oxygens (including phenoxy) is 1. The maximum absolute atomic E-state index is 12.8. The van der Waals surface area contributed by atoms with Gasteiger partial charge in [0.25, 0.3) is 0 Å². The molecule has 1 saturated carbocycles. The molecule has 3 aromatic rings. The molecule has 2 aliphatic rings. The molecule has 1 aliphatic heterocycles. The molecule has 4 atom stereocenters. The Balaban J connectivity index is 1.29. The van der Waals surface area contributed by atoms with Crippen molar-refractivity contribution < 1.29 is 9.53 Å². The summed E-state index contributed by atoms with van der Waals surface area (Å²) in [5.41, 5.74) is 3.06. The van der Waals surface area contributed by atoms with E-state index in [0.717, 1.165) is 42.8 Å². The van der Waals surface area contributed by atoms with Crippen LogP contribution < -0.4 is 0 Å². The Kier molecular flexibility index (Phi) is 5.39. The van der Waals surface area contributed by atoms with Crippen molar-refractivity contribution in [2.24, 2.45) is 11.8 Å². The standard InChI is InChI=1S/C23H26N4O2S/c1-29-22-11-19-13-26(23(28)9-16-7-8-30-15-16)12-18(19)10-21(22)27-14-20(24-25-27)17-5-3-2-4-6-17/h2-8,14-15,18-19,21-22H,9-13H2,1H3/t18-,19+,21-,22-/m1/s1. The van der Waals surface area contributed by atoms with Crippen LogP contribution in [0.25, 0.3) is 11.3 Å². The predicted molar refractivity (Wildman–Crippen MR) is 116 cm³/mol. The van der Waals surface area contributed by atoms with E-state index in [1.165, 1.54) is 0 Å². The molecule has 1 aliphatic carbocycles. The van der Waals surface area contributed by atoms with E-state index in [9.17, 15) is 4.79 Å². The fourth-order valence-corrected chi connectivity index (χ4v) is 5.65. The highest BCUT2D eigenvalue weighted by Gasteiger charge is 2.44. The Hall–Kier alpha value is -2.51. The second kappa shape index (κ2) is 8.32. The summed E-state index contributed by atoms with van der Waals surface area (Å²) in [5, 5.41) is 12.9. The van der Waals surface area contributed by atoms with E-state index in [-0.39, 0.29) is 18.1 Å². The first-order valence-electron chi connectivity index (χ1n) is 10.5. The number of amides is 1. The number of aromatic nitrogens is 3. The largest absolute Gasteiger partial charge is 0.379 e. The summed E-state index contributed by atoms with van der Waals surface area (Å²) in [5.74, 6) is 1.22. The van der Waals surface area contributed by atoms with Crippen molar-refractivity contribution in [3.63, 3.8) is 0 Å². The number of nitrogens with zero attached hydrogens (tertiary/aromatic N) is 4. The van der Waals surface area contributed by atoms with Crippen molar-refractivity contribution in [1.29, 1.82) is 0 Å². The van der Waals surface area contributed by atoms with Gasteiger partial charge in [-0.15, -0.1) is 5.10 Å². The van der Waals surface area contributed by atoms with Gasteiger partial charge >= 0.3 is 0 Å². The maximum Gasteiger partial charge on any atom is 0.227 e. The number of methoxy groups -OCH3 is 1. The van der Waals surface area contributed by atoms with Crippen molar-refractivity contribution in [1.82, 2.24) is 19.9 Å². The Morgan fingerprint density at radius 2 is 1.97 bits per heavy atom. The third-order valence-corrected chi connectivity index (χ3v) is 7.33. The number of benzene rings is 1. The van der Waals surface area contributed by atoms with Crippen LogP contribution in [0.1, 0.15) is 24.4 Å². The van der Waals surface area contributed by atoms with Crippen molar-refractivity contribution in [3.8, 4) is 11.3 Å². The molecule has 1 aromatic carbocycles. The molecule has 30 heavy (non-hydrogen) atoms. The lowest BCUT2D eigenvalue weighted by molar-refractivity contribution is -0.129. The minimum atomic E-state index is 0.0866. The number of likely N-dealkylation sites (tertiary alicyclic amines) is 1. The zero-order chi connectivity index (χ0) is 20.5. The van der Waals surface area contributed by atoms with E-state index in [2.05, 4.69) is 20.6 Å². The Morgan fingerprint density at radius 3 is 2.70 bits per heavy atom. The van der Waals surface area contributed by atoms with Crippen LogP contribution in [-0.2, 0) is 16.0 Å². The molecular weight excluding hydrogens is 396 g/mol. The SMILES string of the molecule is CO[C@@H]1C[C@H]2CN(C(=O)Cc3ccsc3)C[C@H]2C[C@H]1n1cc(-c2ccccc2)nn1. The quantitative estimate of drug-likeness (QED) is 0.629. The summed E-state index contributed by atoms with van der Waals surface area (Å²) in [7, 11) is 1.78. The fraction of sp³-hybridized carbons (Fsp3) is 0.435. The number of hydrogen-bond acceptors (Lipinski definition) is 5. The monoisotopic (exact) mass is 422 g/mol. The van der Waals surface area contributed by atoms with Crippen LogP contribution in [0.5, 0.6) is 0 Å². The molecule has 5 rings (SSSR count). The average molecular weight is 423 g/mol. The van der Waals surface area contributed by atoms with E-state index in [1.54, 1.807) is 18.4 Å². The number of carbonyl (C=O) groups is 1. The topological polar surface area (TPSA) is 60.2 Å². The minimum absolute atomic E-state index is 0.0866. The van der Waals surface area contributed by atoms with Gasteiger partial charge in [-0.3, -0.25) is 4.79 Å². The summed E-state index contributed by atoms with van der Waals surface area (Å²) in [6.45, 7) is 1.67. The third-order valence-electron chi connectivity index (χ3n) is 6.60. The average Bonchev–Trinajstić information content (AvgIpc) is 3.53. The summed E-state index contributed by atoms with van der Waals surface area (Å²) in [6, 6.07) is 12.3. The van der Waals surface area contributed by atoms with Gasteiger partial charge in [0.1, 0.15) is 5.69 Å². The van der Waals surface area contributed by atoms with Crippen molar-refractivity contribution in [3.05, 3.63) is 58.9 Å². The Bertz CT molecular complexity index is 988. The van der Waals surface area contributed by atoms with Crippen LogP contribution in [-0.4, -0.2) is 52.1 Å². The summed E-state index contributed by atoms with van der Waals surface area (Å²) in [6.07, 6.45) is 4.53. The molecule has 0 spiro atoms. The van der Waals surface area contributed by atoms with Crippen molar-refractivity contribution >= 4 is 17.2 Å². The smallest absolute Gasteiger partial charge is 0.227 e. The van der Waals surface area contributed by atoms with Crippen LogP contribution in [0.2, 0.25) is 0 Å². The van der Waals surface area contributed by atoms with E-state index in [1.807, 2.05) is 52.7 Å². The van der Waals surface area contributed by atoms with Gasteiger partial charge in [0.15, 0.2) is 0 Å². The minimum Gasteiger partial charge on any atom is -0.379 e. The predicted octanol–water partition coefficient (Wildman–Crippen LogP) is 3.67. The first-order chi connectivity index (χ1) is 14.7. The third kappa shape index (κ3) is 3.79. The lowest BCUT2D eigenvalue weighted by Gasteiger charge is -2.36. The molecule has 3 heterocycles. The highest BCUT2D eigenvalue weighted by molar-refractivity contribution is 7.08. The molecule has 2 fully saturated rings. The second-order valence-electron chi connectivity index (χ2n) is 8.39. The number of carbonyl (C=O) groups excluding carboxylic acids is 1. The normalized spacial score (nSPS) is 26.0. The highest BCUT2D eigenvalue weighted by Crippen LogP contribution is 2.42. The Labute approximate surface area is 180 Å². The van der Waals surface area contributed by atoms with Gasteiger partial charge in [0, 0.05) is 25.8 Å². The van der Waals surface area contributed by atoms with Crippen molar-refractivity contribution in [2.75, 3.05) is 20.2 Å². The number of rotatable bonds is 5. The summed E-state index contributed by atoms with van der Waals surface area (Å²) < 4.78 is 7.85. The molecule has 0 bridgehead atoms. The fourth-order valence-electron chi connectivity index (χ4n) is 4.99.